The maximum atomic E-state index is 7.41. The maximum absolute atomic E-state index is 7.41. The minimum atomic E-state index is -0.294. The summed E-state index contributed by atoms with van der Waals surface area (Å²) in [6.45, 7) is 0.269. The van der Waals surface area contributed by atoms with E-state index in [-0.39, 0.29) is 18.5 Å². The molecular weight excluding hydrogens is 394 g/mol. The molecule has 0 saturated heterocycles. The van der Waals surface area contributed by atoms with E-state index in [0.29, 0.717) is 0 Å². The molecule has 1 atom stereocenters. The Morgan fingerprint density at radius 2 is 1.88 bits per heavy atom. The number of hydrogen-bond donors (Lipinski definition) is 2. The summed E-state index contributed by atoms with van der Waals surface area (Å²) < 4.78 is 12.4. The summed E-state index contributed by atoms with van der Waals surface area (Å²) in [5, 5.41) is 7.41. The Labute approximate surface area is 159 Å². The summed E-state index contributed by atoms with van der Waals surface area (Å²) >= 11 is 3.52. The van der Waals surface area contributed by atoms with E-state index in [9.17, 15) is 0 Å². The summed E-state index contributed by atoms with van der Waals surface area (Å²) in [5.74, 6) is 1.48. The van der Waals surface area contributed by atoms with E-state index in [1.165, 1.54) is 0 Å². The number of rotatable bonds is 3. The third-order valence-corrected chi connectivity index (χ3v) is 4.85. The van der Waals surface area contributed by atoms with E-state index in [1.807, 2.05) is 48.7 Å². The third-order valence-electron chi connectivity index (χ3n) is 4.35. The van der Waals surface area contributed by atoms with Crippen LogP contribution in [0.15, 0.2) is 65.4 Å². The molecule has 0 bridgehead atoms. The number of benzene rings is 2. The van der Waals surface area contributed by atoms with Crippen LogP contribution in [-0.2, 0) is 4.74 Å². The van der Waals surface area contributed by atoms with Gasteiger partial charge in [-0.05, 0) is 42.0 Å². The lowest BCUT2D eigenvalue weighted by atomic mass is 9.87. The summed E-state index contributed by atoms with van der Waals surface area (Å²) in [4.78, 5) is 4.19. The molecule has 5 nitrogen and oxygen atoms in total. The quantitative estimate of drug-likeness (QED) is 0.486. The summed E-state index contributed by atoms with van der Waals surface area (Å²) in [6, 6.07) is 15.6. The van der Waals surface area contributed by atoms with Gasteiger partial charge < -0.3 is 15.2 Å². The van der Waals surface area contributed by atoms with Crippen LogP contribution in [-0.4, -0.2) is 17.6 Å². The van der Waals surface area contributed by atoms with E-state index < -0.39 is 0 Å². The molecule has 3 N–H and O–H groups in total. The fraction of sp³-hybridized carbons (Fsp3) is 0.100. The van der Waals surface area contributed by atoms with Gasteiger partial charge in [-0.3, -0.25) is 10.4 Å². The molecule has 1 unspecified atom stereocenters. The highest BCUT2D eigenvalue weighted by Gasteiger charge is 2.29. The first-order valence-corrected chi connectivity index (χ1v) is 8.89. The van der Waals surface area contributed by atoms with Crippen molar-refractivity contribution in [3.8, 4) is 22.6 Å². The van der Waals surface area contributed by atoms with Crippen LogP contribution in [0.3, 0.4) is 0 Å². The molecule has 0 radical (unpaired) electrons. The fourth-order valence-corrected chi connectivity index (χ4v) is 3.53. The number of pyridine rings is 1. The Morgan fingerprint density at radius 1 is 1.12 bits per heavy atom. The number of nitrogens with two attached hydrogens (primary N) is 1. The molecule has 26 heavy (non-hydrogen) atoms. The first-order chi connectivity index (χ1) is 12.6. The molecule has 0 fully saturated rings. The van der Waals surface area contributed by atoms with Crippen molar-refractivity contribution in [2.75, 3.05) is 6.61 Å². The van der Waals surface area contributed by atoms with Crippen molar-refractivity contribution in [3.05, 3.63) is 76.5 Å². The highest BCUT2D eigenvalue weighted by molar-refractivity contribution is 9.10. The van der Waals surface area contributed by atoms with Crippen LogP contribution in [0.1, 0.15) is 17.0 Å². The smallest absolute Gasteiger partial charge is 0.279 e. The second-order valence-corrected chi connectivity index (χ2v) is 6.92. The topological polar surface area (TPSA) is 81.2 Å². The summed E-state index contributed by atoms with van der Waals surface area (Å²) in [5.41, 5.74) is 9.48. The molecule has 0 spiro atoms. The van der Waals surface area contributed by atoms with Gasteiger partial charge in [0, 0.05) is 33.6 Å². The van der Waals surface area contributed by atoms with Gasteiger partial charge >= 0.3 is 0 Å². The van der Waals surface area contributed by atoms with Crippen LogP contribution in [0.4, 0.5) is 0 Å². The molecule has 1 aromatic heterocycles. The highest BCUT2D eigenvalue weighted by Crippen LogP contribution is 2.46. The van der Waals surface area contributed by atoms with Gasteiger partial charge in [-0.25, -0.2) is 0 Å². The van der Waals surface area contributed by atoms with Crippen molar-refractivity contribution in [1.29, 1.82) is 5.41 Å². The molecular formula is C20H16BrN3O2. The average Bonchev–Trinajstić information content (AvgIpc) is 2.65. The molecule has 0 amide bonds. The van der Waals surface area contributed by atoms with Crippen LogP contribution >= 0.6 is 15.9 Å². The van der Waals surface area contributed by atoms with E-state index in [2.05, 4.69) is 27.0 Å². The Kier molecular flexibility index (Phi) is 4.34. The Hall–Kier alpha value is -2.86. The number of halogens is 1. The number of nitrogens with zero attached hydrogens (tertiary/aromatic N) is 1. The van der Waals surface area contributed by atoms with Crippen molar-refractivity contribution in [3.63, 3.8) is 0 Å². The van der Waals surface area contributed by atoms with Gasteiger partial charge in [0.05, 0.1) is 5.92 Å². The molecule has 0 aliphatic carbocycles. The van der Waals surface area contributed by atoms with Gasteiger partial charge in [-0.15, -0.1) is 0 Å². The van der Waals surface area contributed by atoms with E-state index >= 15 is 0 Å². The Bertz CT molecular complexity index is 976. The zero-order chi connectivity index (χ0) is 18.1. The predicted molar refractivity (Wildman–Crippen MR) is 104 cm³/mol. The standard InChI is InChI=1S/C20H16BrN3O2/c21-14-4-6-19-16(9-14)17(11-25-20(22)23)15-8-12(3-5-18(15)26-19)13-2-1-7-24-10-13/h1-10,17H,11H2,(H3,22,23). The van der Waals surface area contributed by atoms with Crippen molar-refractivity contribution >= 4 is 22.0 Å². The van der Waals surface area contributed by atoms with Crippen LogP contribution in [0.5, 0.6) is 11.5 Å². The van der Waals surface area contributed by atoms with E-state index in [1.54, 1.807) is 6.20 Å². The van der Waals surface area contributed by atoms with Crippen molar-refractivity contribution in [1.82, 2.24) is 4.98 Å². The largest absolute Gasteiger partial charge is 0.465 e. The van der Waals surface area contributed by atoms with Gasteiger partial charge in [0.15, 0.2) is 0 Å². The van der Waals surface area contributed by atoms with Crippen LogP contribution < -0.4 is 10.5 Å². The second kappa shape index (κ2) is 6.80. The van der Waals surface area contributed by atoms with Gasteiger partial charge in [-0.2, -0.15) is 0 Å². The lowest BCUT2D eigenvalue weighted by Crippen LogP contribution is -2.21. The van der Waals surface area contributed by atoms with Gasteiger partial charge in [0.2, 0.25) is 0 Å². The molecule has 130 valence electrons. The number of fused-ring (bicyclic) bond motifs is 2. The minimum absolute atomic E-state index is 0.0910. The summed E-state index contributed by atoms with van der Waals surface area (Å²) in [7, 11) is 0. The Balaban J connectivity index is 1.81. The van der Waals surface area contributed by atoms with Gasteiger partial charge in [0.1, 0.15) is 18.1 Å². The lowest BCUT2D eigenvalue weighted by Gasteiger charge is -2.28. The zero-order valence-electron chi connectivity index (χ0n) is 13.8. The third kappa shape index (κ3) is 3.15. The molecule has 0 saturated carbocycles. The molecule has 4 rings (SSSR count). The molecule has 1 aliphatic heterocycles. The van der Waals surface area contributed by atoms with Crippen molar-refractivity contribution in [2.24, 2.45) is 5.73 Å². The number of aromatic nitrogens is 1. The van der Waals surface area contributed by atoms with Crippen LogP contribution in [0, 0.1) is 5.41 Å². The lowest BCUT2D eigenvalue weighted by molar-refractivity contribution is 0.274. The summed E-state index contributed by atoms with van der Waals surface area (Å²) in [6.07, 6.45) is 3.58. The first-order valence-electron chi connectivity index (χ1n) is 8.10. The number of amidine groups is 1. The maximum Gasteiger partial charge on any atom is 0.279 e. The van der Waals surface area contributed by atoms with Crippen molar-refractivity contribution in [2.45, 2.75) is 5.92 Å². The fourth-order valence-electron chi connectivity index (χ4n) is 3.15. The van der Waals surface area contributed by atoms with E-state index in [4.69, 9.17) is 20.6 Å². The SMILES string of the molecule is N=C(N)OCC1c2cc(Br)ccc2Oc2ccc(-c3cccnc3)cc21. The molecule has 2 aromatic carbocycles. The Morgan fingerprint density at radius 3 is 2.62 bits per heavy atom. The first kappa shape index (κ1) is 16.6. The number of hydrogen-bond acceptors (Lipinski definition) is 4. The molecule has 3 aromatic rings. The highest BCUT2D eigenvalue weighted by atomic mass is 79.9. The zero-order valence-corrected chi connectivity index (χ0v) is 15.4. The monoisotopic (exact) mass is 409 g/mol. The second-order valence-electron chi connectivity index (χ2n) is 6.01. The van der Waals surface area contributed by atoms with Gasteiger partial charge in [0.25, 0.3) is 6.02 Å². The van der Waals surface area contributed by atoms with Crippen LogP contribution in [0.25, 0.3) is 11.1 Å². The number of nitrogens with one attached hydrogen (secondary N) is 1. The van der Waals surface area contributed by atoms with Crippen molar-refractivity contribution < 1.29 is 9.47 Å². The normalized spacial score (nSPS) is 14.7. The van der Waals surface area contributed by atoms with Gasteiger partial charge in [-0.1, -0.05) is 28.1 Å². The number of ether oxygens (including phenoxy) is 2. The molecule has 2 heterocycles. The van der Waals surface area contributed by atoms with Crippen LogP contribution in [0.2, 0.25) is 0 Å². The molecule has 6 heteroatoms. The van der Waals surface area contributed by atoms with E-state index in [0.717, 1.165) is 38.2 Å². The molecule has 1 aliphatic rings. The predicted octanol–water partition coefficient (Wildman–Crippen LogP) is 4.66. The average molecular weight is 410 g/mol. The minimum Gasteiger partial charge on any atom is -0.465 e.